The summed E-state index contributed by atoms with van der Waals surface area (Å²) in [4.78, 5) is 14.5. The van der Waals surface area contributed by atoms with Gasteiger partial charge in [-0.2, -0.15) is 0 Å². The Morgan fingerprint density at radius 3 is 2.29 bits per heavy atom. The molecule has 0 fully saturated rings. The molecule has 0 saturated carbocycles. The van der Waals surface area contributed by atoms with Crippen molar-refractivity contribution in [1.82, 2.24) is 10.2 Å². The highest BCUT2D eigenvalue weighted by Gasteiger charge is 2.18. The van der Waals surface area contributed by atoms with E-state index >= 15 is 0 Å². The Labute approximate surface area is 144 Å². The lowest BCUT2D eigenvalue weighted by atomic mass is 10.2. The molecule has 0 radical (unpaired) electrons. The molecule has 0 spiro atoms. The average Bonchev–Trinajstić information content (AvgIpc) is 2.48. The minimum atomic E-state index is -3.88. The summed E-state index contributed by atoms with van der Waals surface area (Å²) in [5, 5.41) is 7.91. The summed E-state index contributed by atoms with van der Waals surface area (Å²) in [6, 6.07) is 4.68. The molecule has 0 aliphatic rings. The summed E-state index contributed by atoms with van der Waals surface area (Å²) in [5.41, 5.74) is 0.143. The monoisotopic (exact) mass is 357 g/mol. The number of nitrogens with one attached hydrogen (secondary N) is 1. The number of hydrogen-bond donors (Lipinski definition) is 2. The van der Waals surface area contributed by atoms with Gasteiger partial charge in [0.2, 0.25) is 10.0 Å². The Hall–Kier alpha value is -1.64. The molecule has 0 aliphatic carbocycles. The van der Waals surface area contributed by atoms with Crippen LogP contribution >= 0.6 is 0 Å². The maximum Gasteiger partial charge on any atom is 0.255 e. The van der Waals surface area contributed by atoms with E-state index < -0.39 is 15.9 Å². The van der Waals surface area contributed by atoms with Gasteiger partial charge in [0.05, 0.1) is 17.6 Å². The first-order valence-corrected chi connectivity index (χ1v) is 9.37. The van der Waals surface area contributed by atoms with E-state index in [4.69, 9.17) is 9.88 Å². The van der Waals surface area contributed by atoms with E-state index in [0.29, 0.717) is 30.9 Å². The summed E-state index contributed by atoms with van der Waals surface area (Å²) >= 11 is 0. The molecule has 0 aromatic heterocycles. The third kappa shape index (κ3) is 5.47. The van der Waals surface area contributed by atoms with Gasteiger partial charge in [-0.15, -0.1) is 0 Å². The second-order valence-electron chi connectivity index (χ2n) is 6.09. The van der Waals surface area contributed by atoms with Crippen molar-refractivity contribution in [2.24, 2.45) is 5.14 Å². The van der Waals surface area contributed by atoms with Gasteiger partial charge in [0.15, 0.2) is 0 Å². The zero-order valence-electron chi connectivity index (χ0n) is 14.9. The largest absolute Gasteiger partial charge is 0.496 e. The highest BCUT2D eigenvalue weighted by molar-refractivity contribution is 7.89. The maximum absolute atomic E-state index is 12.4. The molecule has 1 amide bonds. The second-order valence-corrected chi connectivity index (χ2v) is 7.65. The number of primary sulfonamides is 1. The molecule has 8 heteroatoms. The maximum atomic E-state index is 12.4. The minimum Gasteiger partial charge on any atom is -0.496 e. The van der Waals surface area contributed by atoms with E-state index in [9.17, 15) is 13.2 Å². The fraction of sp³-hybridized carbons (Fsp3) is 0.562. The van der Waals surface area contributed by atoms with Crippen molar-refractivity contribution < 1.29 is 17.9 Å². The van der Waals surface area contributed by atoms with Crippen LogP contribution in [0, 0.1) is 0 Å². The van der Waals surface area contributed by atoms with Crippen LogP contribution in [0.3, 0.4) is 0 Å². The number of rotatable bonds is 8. The van der Waals surface area contributed by atoms with Crippen molar-refractivity contribution in [3.8, 4) is 5.75 Å². The van der Waals surface area contributed by atoms with Gasteiger partial charge in [-0.25, -0.2) is 13.6 Å². The number of carbonyl (C=O) groups excluding carboxylic acids is 1. The van der Waals surface area contributed by atoms with E-state index in [2.05, 4.69) is 37.9 Å². The highest BCUT2D eigenvalue weighted by atomic mass is 32.2. The van der Waals surface area contributed by atoms with Gasteiger partial charge < -0.3 is 10.1 Å². The van der Waals surface area contributed by atoms with Crippen LogP contribution in [0.2, 0.25) is 0 Å². The summed E-state index contributed by atoms with van der Waals surface area (Å²) in [5.74, 6) is -0.103. The number of methoxy groups -OCH3 is 1. The second kappa shape index (κ2) is 8.46. The Balaban J connectivity index is 2.87. The SMILES string of the molecule is COc1ccc(S(N)(=O)=O)cc1C(=O)NCCN(C(C)C)C(C)C. The molecule has 0 atom stereocenters. The number of carbonyl (C=O) groups is 1. The van der Waals surface area contributed by atoms with Gasteiger partial charge in [0.1, 0.15) is 5.75 Å². The standard InChI is InChI=1S/C16H27N3O4S/c1-11(2)19(12(3)4)9-8-18-16(20)14-10-13(24(17,21)22)6-7-15(14)23-5/h6-7,10-12H,8-9H2,1-5H3,(H,18,20)(H2,17,21,22). The van der Waals surface area contributed by atoms with Crippen LogP contribution in [0.15, 0.2) is 23.1 Å². The van der Waals surface area contributed by atoms with Gasteiger partial charge in [0, 0.05) is 25.2 Å². The number of amides is 1. The average molecular weight is 357 g/mol. The first-order chi connectivity index (χ1) is 11.1. The van der Waals surface area contributed by atoms with Gasteiger partial charge in [-0.3, -0.25) is 9.69 Å². The number of nitrogens with two attached hydrogens (primary N) is 1. The van der Waals surface area contributed by atoms with Crippen LogP contribution in [-0.4, -0.2) is 51.5 Å². The smallest absolute Gasteiger partial charge is 0.255 e. The molecule has 24 heavy (non-hydrogen) atoms. The predicted octanol–water partition coefficient (Wildman–Crippen LogP) is 1.19. The van der Waals surface area contributed by atoms with Gasteiger partial charge in [0.25, 0.3) is 5.91 Å². The Morgan fingerprint density at radius 1 is 1.25 bits per heavy atom. The van der Waals surface area contributed by atoms with Crippen LogP contribution in [0.4, 0.5) is 0 Å². The molecule has 0 aliphatic heterocycles. The third-order valence-electron chi connectivity index (χ3n) is 3.73. The lowest BCUT2D eigenvalue weighted by molar-refractivity contribution is 0.0936. The number of nitrogens with zero attached hydrogens (tertiary/aromatic N) is 1. The zero-order chi connectivity index (χ0) is 18.5. The number of hydrogen-bond acceptors (Lipinski definition) is 5. The summed E-state index contributed by atoms with van der Waals surface area (Å²) in [7, 11) is -2.47. The molecular formula is C16H27N3O4S. The molecule has 7 nitrogen and oxygen atoms in total. The first-order valence-electron chi connectivity index (χ1n) is 7.82. The number of sulfonamides is 1. The van der Waals surface area contributed by atoms with Crippen molar-refractivity contribution in [2.45, 2.75) is 44.7 Å². The molecule has 3 N–H and O–H groups in total. The van der Waals surface area contributed by atoms with Crippen LogP contribution < -0.4 is 15.2 Å². The summed E-state index contributed by atoms with van der Waals surface area (Å²) < 4.78 is 28.0. The molecule has 0 saturated heterocycles. The fourth-order valence-corrected chi connectivity index (χ4v) is 3.09. The molecule has 0 heterocycles. The molecule has 1 rings (SSSR count). The van der Waals surface area contributed by atoms with E-state index in [1.54, 1.807) is 0 Å². The van der Waals surface area contributed by atoms with Gasteiger partial charge in [-0.1, -0.05) is 0 Å². The Kier molecular flexibility index (Phi) is 7.19. The van der Waals surface area contributed by atoms with Crippen molar-refractivity contribution in [3.05, 3.63) is 23.8 Å². The summed E-state index contributed by atoms with van der Waals surface area (Å²) in [6.45, 7) is 9.53. The van der Waals surface area contributed by atoms with Crippen LogP contribution in [0.25, 0.3) is 0 Å². The molecule has 1 aromatic rings. The van der Waals surface area contributed by atoms with Crippen LogP contribution in [-0.2, 0) is 10.0 Å². The van der Waals surface area contributed by atoms with Crippen molar-refractivity contribution >= 4 is 15.9 Å². The summed E-state index contributed by atoms with van der Waals surface area (Å²) in [6.07, 6.45) is 0. The van der Waals surface area contributed by atoms with E-state index in [1.165, 1.54) is 25.3 Å². The van der Waals surface area contributed by atoms with Crippen molar-refractivity contribution in [3.63, 3.8) is 0 Å². The quantitative estimate of drug-likeness (QED) is 0.728. The lowest BCUT2D eigenvalue weighted by Gasteiger charge is -2.30. The fourth-order valence-electron chi connectivity index (χ4n) is 2.55. The van der Waals surface area contributed by atoms with Crippen LogP contribution in [0.1, 0.15) is 38.1 Å². The zero-order valence-corrected chi connectivity index (χ0v) is 15.7. The number of benzene rings is 1. The Bertz CT molecular complexity index is 664. The molecule has 136 valence electrons. The molecular weight excluding hydrogens is 330 g/mol. The Morgan fingerprint density at radius 2 is 1.83 bits per heavy atom. The lowest BCUT2D eigenvalue weighted by Crippen LogP contribution is -2.42. The highest BCUT2D eigenvalue weighted by Crippen LogP contribution is 2.21. The minimum absolute atomic E-state index is 0.126. The predicted molar refractivity (Wildman–Crippen MR) is 93.7 cm³/mol. The number of ether oxygens (including phenoxy) is 1. The van der Waals surface area contributed by atoms with E-state index in [1.807, 2.05) is 0 Å². The first kappa shape index (κ1) is 20.4. The van der Waals surface area contributed by atoms with Gasteiger partial charge >= 0.3 is 0 Å². The van der Waals surface area contributed by atoms with Gasteiger partial charge in [-0.05, 0) is 45.9 Å². The molecule has 0 unspecified atom stereocenters. The normalized spacial score (nSPS) is 12.0. The topological polar surface area (TPSA) is 102 Å². The van der Waals surface area contributed by atoms with Crippen molar-refractivity contribution in [1.29, 1.82) is 0 Å². The van der Waals surface area contributed by atoms with Crippen molar-refractivity contribution in [2.75, 3.05) is 20.2 Å². The molecule has 0 bridgehead atoms. The van der Waals surface area contributed by atoms with E-state index in [0.717, 1.165) is 0 Å². The molecule has 1 aromatic carbocycles. The van der Waals surface area contributed by atoms with Crippen LogP contribution in [0.5, 0.6) is 5.75 Å². The van der Waals surface area contributed by atoms with E-state index in [-0.39, 0.29) is 10.5 Å². The third-order valence-corrected chi connectivity index (χ3v) is 4.64.